The van der Waals surface area contributed by atoms with Crippen LogP contribution in [0, 0.1) is 30.6 Å². The van der Waals surface area contributed by atoms with E-state index in [9.17, 15) is 19.2 Å². The first-order valence-electron chi connectivity index (χ1n) is 22.2. The zero-order chi connectivity index (χ0) is 43.4. The van der Waals surface area contributed by atoms with Crippen LogP contribution in [0.4, 0.5) is 15.8 Å². The molecule has 62 heavy (non-hydrogen) atoms. The molecular formula is C50H57FN6O5. The van der Waals surface area contributed by atoms with Crippen LogP contribution >= 0.6 is 0 Å². The molecule has 4 N–H and O–H groups in total. The average molecular weight is 841 g/mol. The molecule has 324 valence electrons. The largest absolute Gasteiger partial charge is 0.481 e. The van der Waals surface area contributed by atoms with Gasteiger partial charge >= 0.3 is 0 Å². The van der Waals surface area contributed by atoms with Gasteiger partial charge < -0.3 is 30.5 Å². The highest BCUT2D eigenvalue weighted by atomic mass is 19.1. The molecule has 4 aromatic carbocycles. The Morgan fingerprint density at radius 2 is 1.61 bits per heavy atom. The van der Waals surface area contributed by atoms with Crippen molar-refractivity contribution in [3.63, 3.8) is 0 Å². The average Bonchev–Trinajstić information content (AvgIpc) is 3.28. The van der Waals surface area contributed by atoms with Crippen LogP contribution < -0.4 is 26.0 Å². The van der Waals surface area contributed by atoms with E-state index in [1.165, 1.54) is 0 Å². The molecule has 4 aliphatic heterocycles. The number of fused-ring (bicyclic) bond motifs is 1. The van der Waals surface area contributed by atoms with Gasteiger partial charge in [0.05, 0.1) is 6.04 Å². The fraction of sp³-hybridized carbons (Fsp3) is 0.440. The van der Waals surface area contributed by atoms with Crippen LogP contribution in [0.3, 0.4) is 0 Å². The van der Waals surface area contributed by atoms with Crippen molar-refractivity contribution in [3.8, 4) is 17.6 Å². The highest BCUT2D eigenvalue weighted by Crippen LogP contribution is 2.33. The van der Waals surface area contributed by atoms with Gasteiger partial charge in [0.1, 0.15) is 11.4 Å². The molecule has 0 spiro atoms. The van der Waals surface area contributed by atoms with E-state index in [0.29, 0.717) is 55.9 Å². The molecule has 4 amide bonds. The molecule has 4 saturated heterocycles. The number of nitrogens with two attached hydrogens (primary N) is 1. The van der Waals surface area contributed by atoms with E-state index in [-0.39, 0.29) is 42.0 Å². The Balaban J connectivity index is 0.776. The molecule has 4 aromatic rings. The minimum Gasteiger partial charge on any atom is -0.481 e. The first kappa shape index (κ1) is 42.7. The van der Waals surface area contributed by atoms with E-state index in [1.54, 1.807) is 12.1 Å². The van der Waals surface area contributed by atoms with Gasteiger partial charge in [-0.15, -0.1) is 0 Å². The SMILES string of the molecule is Cc1ccc(N)cc1C(=O)N[C@H](C)c1ccc(C#CC2CCN(CC3(F)CCN(C(=O)C4CCN(c5ccc(OC6CCC(=O)NC6=O)cc5)CC4)CC3)CC2)c2ccccc12. The molecule has 2 atom stereocenters. The fourth-order valence-corrected chi connectivity index (χ4v) is 9.48. The Morgan fingerprint density at radius 1 is 0.903 bits per heavy atom. The summed E-state index contributed by atoms with van der Waals surface area (Å²) in [7, 11) is 0. The van der Waals surface area contributed by atoms with Gasteiger partial charge in [0.25, 0.3) is 11.8 Å². The lowest BCUT2D eigenvalue weighted by Crippen LogP contribution is -2.52. The molecule has 1 unspecified atom stereocenters. The van der Waals surface area contributed by atoms with Crippen LogP contribution in [0.25, 0.3) is 10.8 Å². The lowest BCUT2D eigenvalue weighted by Gasteiger charge is -2.42. The number of hydrogen-bond donors (Lipinski definition) is 3. The maximum absolute atomic E-state index is 16.3. The Kier molecular flexibility index (Phi) is 12.8. The number of carbonyl (C=O) groups is 4. The Hall–Kier alpha value is -5.93. The van der Waals surface area contributed by atoms with Crippen LogP contribution in [0.5, 0.6) is 5.75 Å². The molecule has 4 heterocycles. The topological polar surface area (TPSA) is 137 Å². The molecule has 0 radical (unpaired) electrons. The molecule has 0 saturated carbocycles. The maximum atomic E-state index is 16.3. The number of hydrogen-bond acceptors (Lipinski definition) is 8. The number of halogens is 1. The predicted molar refractivity (Wildman–Crippen MR) is 239 cm³/mol. The number of rotatable bonds is 9. The van der Waals surface area contributed by atoms with Crippen molar-refractivity contribution in [2.24, 2.45) is 11.8 Å². The van der Waals surface area contributed by atoms with E-state index >= 15 is 4.39 Å². The molecule has 0 aliphatic carbocycles. The quantitative estimate of drug-likeness (QED) is 0.0961. The van der Waals surface area contributed by atoms with Crippen molar-refractivity contribution in [3.05, 3.63) is 101 Å². The highest BCUT2D eigenvalue weighted by Gasteiger charge is 2.40. The second kappa shape index (κ2) is 18.6. The number of aryl methyl sites for hydroxylation is 1. The van der Waals surface area contributed by atoms with Gasteiger partial charge in [0, 0.05) is 92.7 Å². The number of nitrogens with one attached hydrogen (secondary N) is 2. The number of nitrogens with zero attached hydrogens (tertiary/aromatic N) is 3. The number of ether oxygens (including phenoxy) is 1. The second-order valence-electron chi connectivity index (χ2n) is 17.6. The molecule has 4 fully saturated rings. The molecule has 8 rings (SSSR count). The van der Waals surface area contributed by atoms with Gasteiger partial charge in [-0.2, -0.15) is 0 Å². The summed E-state index contributed by atoms with van der Waals surface area (Å²) >= 11 is 0. The van der Waals surface area contributed by atoms with Crippen molar-refractivity contribution < 1.29 is 28.3 Å². The molecule has 0 aromatic heterocycles. The number of nitrogen functional groups attached to an aromatic ring is 1. The normalized spacial score (nSPS) is 20.5. The third-order valence-corrected chi connectivity index (χ3v) is 13.3. The van der Waals surface area contributed by atoms with Crippen LogP contribution in [0.2, 0.25) is 0 Å². The van der Waals surface area contributed by atoms with Gasteiger partial charge in [-0.3, -0.25) is 24.5 Å². The van der Waals surface area contributed by atoms with E-state index in [4.69, 9.17) is 10.5 Å². The predicted octanol–water partition coefficient (Wildman–Crippen LogP) is 6.72. The molecule has 12 heteroatoms. The minimum atomic E-state index is -1.31. The summed E-state index contributed by atoms with van der Waals surface area (Å²) in [6, 6.07) is 25.0. The number of benzene rings is 4. The van der Waals surface area contributed by atoms with Gasteiger partial charge in [0.2, 0.25) is 11.8 Å². The van der Waals surface area contributed by atoms with Crippen molar-refractivity contribution in [2.45, 2.75) is 83.0 Å². The first-order valence-corrected chi connectivity index (χ1v) is 22.2. The maximum Gasteiger partial charge on any atom is 0.267 e. The summed E-state index contributed by atoms with van der Waals surface area (Å²) in [6.07, 6.45) is 3.93. The molecule has 4 aliphatic rings. The number of anilines is 2. The van der Waals surface area contributed by atoms with Gasteiger partial charge in [0.15, 0.2) is 6.10 Å². The van der Waals surface area contributed by atoms with E-state index in [1.807, 2.05) is 67.3 Å². The summed E-state index contributed by atoms with van der Waals surface area (Å²) in [5, 5.41) is 7.57. The van der Waals surface area contributed by atoms with Crippen LogP contribution in [0.1, 0.15) is 91.4 Å². The standard InChI is InChI=1S/C50H57FN6O5/c1-33-7-11-38(52)31-44(33)47(59)53-34(2)41-16-10-36(42-5-3-4-6-43(41)42)9-8-35-19-25-55(26-20-35)32-50(51)23-29-57(30-24-50)49(61)37-21-27-56(28-22-37)39-12-14-40(15-13-39)62-45-17-18-46(58)54-48(45)60/h3-7,10-16,31,34-35,37,45H,17-30,32,52H2,1-2H3,(H,53,59)(H,54,58,60)/t34-,45?/m1/s1. The van der Waals surface area contributed by atoms with Gasteiger partial charge in [-0.25, -0.2) is 4.39 Å². The lowest BCUT2D eigenvalue weighted by molar-refractivity contribution is -0.140. The molecule has 11 nitrogen and oxygen atoms in total. The summed E-state index contributed by atoms with van der Waals surface area (Å²) in [4.78, 5) is 56.6. The first-order chi connectivity index (χ1) is 29.9. The Labute approximate surface area is 363 Å². The number of alkyl halides is 1. The van der Waals surface area contributed by atoms with Crippen molar-refractivity contribution in [2.75, 3.05) is 56.4 Å². The summed E-state index contributed by atoms with van der Waals surface area (Å²) in [6.45, 7) is 8.28. The number of likely N-dealkylation sites (tertiary alicyclic amines) is 2. The summed E-state index contributed by atoms with van der Waals surface area (Å²) in [5.41, 5.74) is 9.66. The zero-order valence-electron chi connectivity index (χ0n) is 35.8. The summed E-state index contributed by atoms with van der Waals surface area (Å²) in [5.74, 6) is 7.05. The smallest absolute Gasteiger partial charge is 0.267 e. The molecule has 0 bridgehead atoms. The lowest BCUT2D eigenvalue weighted by atomic mass is 9.88. The Bertz CT molecular complexity index is 2370. The number of piperidine rings is 4. The van der Waals surface area contributed by atoms with E-state index < -0.39 is 17.7 Å². The van der Waals surface area contributed by atoms with E-state index in [0.717, 1.165) is 85.0 Å². The summed E-state index contributed by atoms with van der Waals surface area (Å²) < 4.78 is 22.1. The Morgan fingerprint density at radius 3 is 2.32 bits per heavy atom. The number of imide groups is 1. The highest BCUT2D eigenvalue weighted by molar-refractivity contribution is 6.00. The third kappa shape index (κ3) is 9.89. The van der Waals surface area contributed by atoms with Crippen molar-refractivity contribution in [1.82, 2.24) is 20.4 Å². The van der Waals surface area contributed by atoms with Crippen molar-refractivity contribution in [1.29, 1.82) is 0 Å². The second-order valence-corrected chi connectivity index (χ2v) is 17.6. The number of amides is 4. The van der Waals surface area contributed by atoms with E-state index in [2.05, 4.69) is 50.5 Å². The van der Waals surface area contributed by atoms with Crippen LogP contribution in [-0.4, -0.2) is 91.0 Å². The van der Waals surface area contributed by atoms with Crippen molar-refractivity contribution >= 4 is 45.8 Å². The third-order valence-electron chi connectivity index (χ3n) is 13.3. The van der Waals surface area contributed by atoms with Gasteiger partial charge in [-0.1, -0.05) is 48.2 Å². The monoisotopic (exact) mass is 840 g/mol. The fourth-order valence-electron chi connectivity index (χ4n) is 9.48. The zero-order valence-corrected chi connectivity index (χ0v) is 35.8. The van der Waals surface area contributed by atoms with Crippen LogP contribution in [-0.2, 0) is 14.4 Å². The molecular weight excluding hydrogens is 784 g/mol. The van der Waals surface area contributed by atoms with Crippen LogP contribution in [0.15, 0.2) is 78.9 Å². The minimum absolute atomic E-state index is 0.0641. The van der Waals surface area contributed by atoms with Gasteiger partial charge in [-0.05, 0) is 117 Å². The number of carbonyl (C=O) groups excluding carboxylic acids is 4.